The summed E-state index contributed by atoms with van der Waals surface area (Å²) in [4.78, 5) is 0. The van der Waals surface area contributed by atoms with Crippen molar-refractivity contribution in [2.75, 3.05) is 0 Å². The third kappa shape index (κ3) is 3.19. The van der Waals surface area contributed by atoms with Gasteiger partial charge in [0.1, 0.15) is 0 Å². The fourth-order valence-corrected chi connectivity index (χ4v) is 9.25. The highest BCUT2D eigenvalue weighted by atomic mass is 32.1. The van der Waals surface area contributed by atoms with E-state index in [0.29, 0.717) is 0 Å². The molecule has 0 N–H and O–H groups in total. The predicted octanol–water partition coefficient (Wildman–Crippen LogP) is 12.8. The molecule has 8 aromatic carbocycles. The molecule has 0 atom stereocenters. The normalized spacial score (nSPS) is 12.3. The monoisotopic (exact) mass is 599 g/mol. The van der Waals surface area contributed by atoms with Crippen molar-refractivity contribution in [1.29, 1.82) is 0 Å². The Morgan fingerprint density at radius 3 is 1.93 bits per heavy atom. The van der Waals surface area contributed by atoms with Crippen molar-refractivity contribution >= 4 is 74.9 Å². The Bertz CT molecular complexity index is 2870. The van der Waals surface area contributed by atoms with Gasteiger partial charge >= 0.3 is 0 Å². The van der Waals surface area contributed by atoms with Gasteiger partial charge in [-0.15, -0.1) is 11.3 Å². The molecule has 0 spiro atoms. The van der Waals surface area contributed by atoms with Crippen molar-refractivity contribution in [2.45, 2.75) is 0 Å². The van der Waals surface area contributed by atoms with Gasteiger partial charge in [0, 0.05) is 36.6 Å². The van der Waals surface area contributed by atoms with Gasteiger partial charge in [-0.25, -0.2) is 0 Å². The number of fused-ring (bicyclic) bond motifs is 11. The number of rotatable bonds is 2. The van der Waals surface area contributed by atoms with Gasteiger partial charge in [0.2, 0.25) is 0 Å². The van der Waals surface area contributed by atoms with E-state index in [4.69, 9.17) is 0 Å². The van der Waals surface area contributed by atoms with Crippen molar-refractivity contribution < 1.29 is 0 Å². The second kappa shape index (κ2) is 8.94. The zero-order valence-corrected chi connectivity index (χ0v) is 25.6. The van der Waals surface area contributed by atoms with E-state index in [9.17, 15) is 0 Å². The maximum Gasteiger partial charge on any atom is 0.0555 e. The molecular weight excluding hydrogens is 575 g/mol. The zero-order chi connectivity index (χ0) is 29.9. The minimum absolute atomic E-state index is 1.18. The van der Waals surface area contributed by atoms with Crippen molar-refractivity contribution in [2.24, 2.45) is 0 Å². The molecule has 2 heterocycles. The number of thiophene rings is 1. The molecule has 2 aromatic heterocycles. The van der Waals surface area contributed by atoms with Crippen molar-refractivity contribution in [3.8, 4) is 39.1 Å². The first-order valence-electron chi connectivity index (χ1n) is 15.9. The van der Waals surface area contributed by atoms with Crippen LogP contribution in [0.25, 0.3) is 103 Å². The van der Waals surface area contributed by atoms with Crippen molar-refractivity contribution in [3.63, 3.8) is 0 Å². The predicted molar refractivity (Wildman–Crippen MR) is 199 cm³/mol. The first-order chi connectivity index (χ1) is 22.8. The number of hydrogen-bond acceptors (Lipinski definition) is 1. The molecule has 212 valence electrons. The highest BCUT2D eigenvalue weighted by Crippen LogP contribution is 2.49. The van der Waals surface area contributed by atoms with E-state index in [1.807, 2.05) is 11.3 Å². The van der Waals surface area contributed by atoms with E-state index in [1.54, 1.807) is 0 Å². The minimum Gasteiger partial charge on any atom is -0.309 e. The number of aromatic nitrogens is 1. The summed E-state index contributed by atoms with van der Waals surface area (Å²) in [6.45, 7) is 0. The van der Waals surface area contributed by atoms with E-state index in [2.05, 4.69) is 156 Å². The van der Waals surface area contributed by atoms with Crippen LogP contribution < -0.4 is 0 Å². The van der Waals surface area contributed by atoms with Crippen LogP contribution in [0.1, 0.15) is 0 Å². The summed E-state index contributed by atoms with van der Waals surface area (Å²) in [5, 5.41) is 10.6. The molecule has 0 fully saturated rings. The lowest BCUT2D eigenvalue weighted by Gasteiger charge is -2.12. The summed E-state index contributed by atoms with van der Waals surface area (Å²) in [6, 6.07) is 56.4. The van der Waals surface area contributed by atoms with E-state index in [-0.39, 0.29) is 0 Å². The van der Waals surface area contributed by atoms with Crippen LogP contribution in [0, 0.1) is 0 Å². The van der Waals surface area contributed by atoms with Crippen LogP contribution in [-0.4, -0.2) is 4.57 Å². The van der Waals surface area contributed by atoms with Gasteiger partial charge in [-0.2, -0.15) is 0 Å². The SMILES string of the molecule is c1ccc2c(c1)-c1cccc3c(-c4ccc(-n5c6cc7sc8ccccc8c7cc6c6c7ccccc7ccc65)cc4)ccc-2c13. The Morgan fingerprint density at radius 2 is 1.07 bits per heavy atom. The standard InChI is InChI=1S/C44H25NS/c1-2-9-30-26(8-1)18-23-39-44(30)38-24-37-33-12-5-6-15-41(33)46-42(37)25-40(38)45(39)28-19-16-27(17-20-28)29-21-22-36-32-11-4-3-10-31(32)35-14-7-13-34(29)43(35)36/h1-25H. The quantitative estimate of drug-likeness (QED) is 0.186. The number of nitrogens with zero attached hydrogens (tertiary/aromatic N) is 1. The summed E-state index contributed by atoms with van der Waals surface area (Å²) < 4.78 is 5.13. The van der Waals surface area contributed by atoms with E-state index in [0.717, 1.165) is 0 Å². The highest BCUT2D eigenvalue weighted by molar-refractivity contribution is 7.25. The Balaban J connectivity index is 1.15. The Kier molecular flexibility index (Phi) is 4.78. The van der Waals surface area contributed by atoms with Gasteiger partial charge in [-0.1, -0.05) is 115 Å². The van der Waals surface area contributed by atoms with Gasteiger partial charge in [0.25, 0.3) is 0 Å². The molecule has 1 aliphatic carbocycles. The van der Waals surface area contributed by atoms with Crippen LogP contribution >= 0.6 is 11.3 Å². The topological polar surface area (TPSA) is 4.93 Å². The van der Waals surface area contributed by atoms with Crippen LogP contribution in [0.4, 0.5) is 0 Å². The van der Waals surface area contributed by atoms with Crippen molar-refractivity contribution in [3.05, 3.63) is 152 Å². The van der Waals surface area contributed by atoms with Gasteiger partial charge < -0.3 is 4.57 Å². The molecule has 0 saturated heterocycles. The van der Waals surface area contributed by atoms with E-state index in [1.165, 1.54) is 103 Å². The smallest absolute Gasteiger partial charge is 0.0555 e. The lowest BCUT2D eigenvalue weighted by molar-refractivity contribution is 1.18. The molecular formula is C44H25NS. The van der Waals surface area contributed by atoms with Crippen LogP contribution in [0.15, 0.2) is 152 Å². The first kappa shape index (κ1) is 24.6. The Labute approximate surface area is 269 Å². The number of benzene rings is 8. The average Bonchev–Trinajstić information content (AvgIpc) is 3.76. The van der Waals surface area contributed by atoms with Gasteiger partial charge in [0.05, 0.1) is 11.0 Å². The molecule has 0 bridgehead atoms. The molecule has 0 saturated carbocycles. The summed E-state index contributed by atoms with van der Waals surface area (Å²) >= 11 is 1.88. The Morgan fingerprint density at radius 1 is 0.370 bits per heavy atom. The second-order valence-electron chi connectivity index (χ2n) is 12.5. The van der Waals surface area contributed by atoms with Gasteiger partial charge in [0.15, 0.2) is 0 Å². The molecule has 0 unspecified atom stereocenters. The lowest BCUT2D eigenvalue weighted by atomic mass is 9.94. The highest BCUT2D eigenvalue weighted by Gasteiger charge is 2.22. The summed E-state index contributed by atoms with van der Waals surface area (Å²) in [6.07, 6.45) is 0. The van der Waals surface area contributed by atoms with Gasteiger partial charge in [-0.05, 0) is 91.3 Å². The fraction of sp³-hybridized carbons (Fsp3) is 0. The first-order valence-corrected chi connectivity index (χ1v) is 16.7. The summed E-state index contributed by atoms with van der Waals surface area (Å²) in [5.74, 6) is 0. The summed E-state index contributed by atoms with van der Waals surface area (Å²) in [7, 11) is 0. The molecule has 1 aliphatic rings. The van der Waals surface area contributed by atoms with Crippen LogP contribution in [0.5, 0.6) is 0 Å². The van der Waals surface area contributed by atoms with E-state index >= 15 is 0 Å². The zero-order valence-electron chi connectivity index (χ0n) is 24.8. The van der Waals surface area contributed by atoms with Crippen molar-refractivity contribution in [1.82, 2.24) is 4.57 Å². The van der Waals surface area contributed by atoms with Crippen LogP contribution in [0.2, 0.25) is 0 Å². The third-order valence-electron chi connectivity index (χ3n) is 10.1. The molecule has 2 heteroatoms. The third-order valence-corrected chi connectivity index (χ3v) is 11.3. The molecule has 0 aliphatic heterocycles. The van der Waals surface area contributed by atoms with Crippen LogP contribution in [0.3, 0.4) is 0 Å². The second-order valence-corrected chi connectivity index (χ2v) is 13.5. The number of hydrogen-bond donors (Lipinski definition) is 0. The fourth-order valence-electron chi connectivity index (χ4n) is 8.13. The molecule has 0 radical (unpaired) electrons. The van der Waals surface area contributed by atoms with Crippen LogP contribution in [-0.2, 0) is 0 Å². The molecule has 10 aromatic rings. The molecule has 46 heavy (non-hydrogen) atoms. The average molecular weight is 600 g/mol. The molecule has 1 nitrogen and oxygen atoms in total. The van der Waals surface area contributed by atoms with E-state index < -0.39 is 0 Å². The minimum atomic E-state index is 1.18. The molecule has 11 rings (SSSR count). The maximum atomic E-state index is 2.47. The molecule has 0 amide bonds. The Hall–Kier alpha value is -5.70. The summed E-state index contributed by atoms with van der Waals surface area (Å²) in [5.41, 5.74) is 11.5. The lowest BCUT2D eigenvalue weighted by Crippen LogP contribution is -1.94. The van der Waals surface area contributed by atoms with Gasteiger partial charge in [-0.3, -0.25) is 0 Å². The maximum absolute atomic E-state index is 2.47. The largest absolute Gasteiger partial charge is 0.309 e.